The first-order valence-electron chi connectivity index (χ1n) is 9.29. The Morgan fingerprint density at radius 2 is 1.78 bits per heavy atom. The lowest BCUT2D eigenvalue weighted by Gasteiger charge is -2.30. The van der Waals surface area contributed by atoms with Gasteiger partial charge in [0.25, 0.3) is 0 Å². The van der Waals surface area contributed by atoms with Crippen molar-refractivity contribution in [2.45, 2.75) is 19.8 Å². The van der Waals surface area contributed by atoms with E-state index in [2.05, 4.69) is 0 Å². The van der Waals surface area contributed by atoms with Crippen molar-refractivity contribution in [1.29, 1.82) is 0 Å². The van der Waals surface area contributed by atoms with Crippen molar-refractivity contribution in [3.8, 4) is 5.75 Å². The van der Waals surface area contributed by atoms with Gasteiger partial charge in [-0.1, -0.05) is 42.0 Å². The summed E-state index contributed by atoms with van der Waals surface area (Å²) in [7, 11) is 1.62. The summed E-state index contributed by atoms with van der Waals surface area (Å²) in [5, 5.41) is 0. The van der Waals surface area contributed by atoms with Gasteiger partial charge in [0.2, 0.25) is 5.91 Å². The summed E-state index contributed by atoms with van der Waals surface area (Å²) >= 11 is 0. The van der Waals surface area contributed by atoms with Crippen LogP contribution in [-0.4, -0.2) is 36.8 Å². The third-order valence-electron chi connectivity index (χ3n) is 5.03. The molecule has 1 saturated heterocycles. The fourth-order valence-corrected chi connectivity index (χ4v) is 3.45. The third-order valence-corrected chi connectivity index (χ3v) is 5.03. The SMILES string of the molecule is COc1ccc(C)cc1C=CC(=O)N1CCC(C(=O)c2ccccc2)CC1. The molecular formula is C23H25NO3. The van der Waals surface area contributed by atoms with Gasteiger partial charge in [-0.05, 0) is 38.0 Å². The van der Waals surface area contributed by atoms with E-state index in [9.17, 15) is 9.59 Å². The normalized spacial score (nSPS) is 15.1. The Bertz CT molecular complexity index is 834. The summed E-state index contributed by atoms with van der Waals surface area (Å²) in [4.78, 5) is 26.9. The monoisotopic (exact) mass is 363 g/mol. The summed E-state index contributed by atoms with van der Waals surface area (Å²) in [6.07, 6.45) is 4.81. The minimum absolute atomic E-state index is 0.00250. The lowest BCUT2D eigenvalue weighted by Crippen LogP contribution is -2.39. The van der Waals surface area contributed by atoms with Crippen LogP contribution in [0.15, 0.2) is 54.6 Å². The highest BCUT2D eigenvalue weighted by molar-refractivity contribution is 5.98. The number of hydrogen-bond acceptors (Lipinski definition) is 3. The number of methoxy groups -OCH3 is 1. The number of hydrogen-bond donors (Lipinski definition) is 0. The van der Waals surface area contributed by atoms with Crippen molar-refractivity contribution < 1.29 is 14.3 Å². The summed E-state index contributed by atoms with van der Waals surface area (Å²) in [5.74, 6) is 0.904. The second-order valence-electron chi connectivity index (χ2n) is 6.91. The van der Waals surface area contributed by atoms with Crippen LogP contribution >= 0.6 is 0 Å². The van der Waals surface area contributed by atoms with Gasteiger partial charge in [0, 0.05) is 36.2 Å². The predicted octanol–water partition coefficient (Wildman–Crippen LogP) is 4.14. The van der Waals surface area contributed by atoms with Gasteiger partial charge < -0.3 is 9.64 Å². The molecule has 1 amide bonds. The molecule has 4 heteroatoms. The molecule has 0 bridgehead atoms. The van der Waals surface area contributed by atoms with E-state index in [0.717, 1.165) is 22.4 Å². The number of rotatable bonds is 5. The molecule has 0 unspecified atom stereocenters. The van der Waals surface area contributed by atoms with Gasteiger partial charge in [0.15, 0.2) is 5.78 Å². The van der Waals surface area contributed by atoms with E-state index in [1.807, 2.05) is 60.4 Å². The average Bonchev–Trinajstić information content (AvgIpc) is 2.72. The fraction of sp³-hybridized carbons (Fsp3) is 0.304. The first kappa shape index (κ1) is 18.9. The molecule has 1 fully saturated rings. The van der Waals surface area contributed by atoms with Gasteiger partial charge in [0.1, 0.15) is 5.75 Å². The summed E-state index contributed by atoms with van der Waals surface area (Å²) in [5.41, 5.74) is 2.76. The molecule has 1 aliphatic rings. The first-order valence-corrected chi connectivity index (χ1v) is 9.29. The Labute approximate surface area is 160 Å². The number of carbonyl (C=O) groups is 2. The maximum absolute atomic E-state index is 12.6. The summed E-state index contributed by atoms with van der Waals surface area (Å²) in [6, 6.07) is 15.3. The molecule has 0 spiro atoms. The molecule has 0 aromatic heterocycles. The molecule has 2 aromatic carbocycles. The van der Waals surface area contributed by atoms with Crippen LogP contribution < -0.4 is 4.74 Å². The molecule has 1 heterocycles. The number of piperidine rings is 1. The molecule has 0 N–H and O–H groups in total. The molecule has 0 radical (unpaired) electrons. The van der Waals surface area contributed by atoms with E-state index < -0.39 is 0 Å². The number of Topliss-reactive ketones (excluding diaryl/α,β-unsaturated/α-hetero) is 1. The molecule has 2 aromatic rings. The number of aryl methyl sites for hydroxylation is 1. The van der Waals surface area contributed by atoms with E-state index in [4.69, 9.17) is 4.74 Å². The second kappa shape index (κ2) is 8.67. The second-order valence-corrected chi connectivity index (χ2v) is 6.91. The van der Waals surface area contributed by atoms with Crippen molar-refractivity contribution in [3.63, 3.8) is 0 Å². The lowest BCUT2D eigenvalue weighted by atomic mass is 9.89. The van der Waals surface area contributed by atoms with Gasteiger partial charge >= 0.3 is 0 Å². The minimum Gasteiger partial charge on any atom is -0.496 e. The zero-order valence-corrected chi connectivity index (χ0v) is 15.9. The molecule has 3 rings (SSSR count). The van der Waals surface area contributed by atoms with Crippen molar-refractivity contribution in [2.24, 2.45) is 5.92 Å². The number of carbonyl (C=O) groups excluding carboxylic acids is 2. The maximum Gasteiger partial charge on any atom is 0.246 e. The first-order chi connectivity index (χ1) is 13.1. The standard InChI is InChI=1S/C23H25NO3/c1-17-8-10-21(27-2)20(16-17)9-11-22(25)24-14-12-19(13-15-24)23(26)18-6-4-3-5-7-18/h3-11,16,19H,12-15H2,1-2H3. The van der Waals surface area contributed by atoms with E-state index in [1.54, 1.807) is 19.3 Å². The topological polar surface area (TPSA) is 46.6 Å². The van der Waals surface area contributed by atoms with Gasteiger partial charge in [-0.25, -0.2) is 0 Å². The van der Waals surface area contributed by atoms with Crippen LogP contribution in [0.2, 0.25) is 0 Å². The molecule has 0 saturated carbocycles. The van der Waals surface area contributed by atoms with Gasteiger partial charge in [-0.2, -0.15) is 0 Å². The Hall–Kier alpha value is -2.88. The molecule has 140 valence electrons. The van der Waals surface area contributed by atoms with Crippen LogP contribution in [0.3, 0.4) is 0 Å². The number of amides is 1. The summed E-state index contributed by atoms with van der Waals surface area (Å²) < 4.78 is 5.35. The smallest absolute Gasteiger partial charge is 0.246 e. The van der Waals surface area contributed by atoms with Crippen molar-refractivity contribution in [2.75, 3.05) is 20.2 Å². The van der Waals surface area contributed by atoms with Gasteiger partial charge in [-0.3, -0.25) is 9.59 Å². The zero-order chi connectivity index (χ0) is 19.2. The third kappa shape index (κ3) is 4.64. The molecule has 1 aliphatic heterocycles. The van der Waals surface area contributed by atoms with Crippen LogP contribution in [-0.2, 0) is 4.79 Å². The van der Waals surface area contributed by atoms with Crippen LogP contribution in [0.25, 0.3) is 6.08 Å². The summed E-state index contributed by atoms with van der Waals surface area (Å²) in [6.45, 7) is 3.22. The van der Waals surface area contributed by atoms with Crippen molar-refractivity contribution >= 4 is 17.8 Å². The van der Waals surface area contributed by atoms with Crippen molar-refractivity contribution in [1.82, 2.24) is 4.90 Å². The van der Waals surface area contributed by atoms with E-state index in [-0.39, 0.29) is 17.6 Å². The van der Waals surface area contributed by atoms with E-state index >= 15 is 0 Å². The number of ketones is 1. The molecular weight excluding hydrogens is 338 g/mol. The largest absolute Gasteiger partial charge is 0.496 e. The highest BCUT2D eigenvalue weighted by atomic mass is 16.5. The predicted molar refractivity (Wildman–Crippen MR) is 107 cm³/mol. The Kier molecular flexibility index (Phi) is 6.07. The number of benzene rings is 2. The van der Waals surface area contributed by atoms with Crippen LogP contribution in [0.1, 0.15) is 34.3 Å². The molecule has 4 nitrogen and oxygen atoms in total. The Balaban J connectivity index is 1.59. The van der Waals surface area contributed by atoms with Crippen LogP contribution in [0.4, 0.5) is 0 Å². The molecule has 27 heavy (non-hydrogen) atoms. The number of likely N-dealkylation sites (tertiary alicyclic amines) is 1. The quantitative estimate of drug-likeness (QED) is 0.592. The highest BCUT2D eigenvalue weighted by Crippen LogP contribution is 2.23. The Morgan fingerprint density at radius 3 is 2.44 bits per heavy atom. The fourth-order valence-electron chi connectivity index (χ4n) is 3.45. The van der Waals surface area contributed by atoms with E-state index in [0.29, 0.717) is 25.9 Å². The Morgan fingerprint density at radius 1 is 1.07 bits per heavy atom. The zero-order valence-electron chi connectivity index (χ0n) is 15.9. The van der Waals surface area contributed by atoms with Crippen LogP contribution in [0, 0.1) is 12.8 Å². The van der Waals surface area contributed by atoms with Crippen LogP contribution in [0.5, 0.6) is 5.75 Å². The molecule has 0 aliphatic carbocycles. The van der Waals surface area contributed by atoms with Gasteiger partial charge in [0.05, 0.1) is 7.11 Å². The van der Waals surface area contributed by atoms with Gasteiger partial charge in [-0.15, -0.1) is 0 Å². The maximum atomic E-state index is 12.6. The average molecular weight is 363 g/mol. The highest BCUT2D eigenvalue weighted by Gasteiger charge is 2.27. The lowest BCUT2D eigenvalue weighted by molar-refractivity contribution is -0.127. The number of nitrogens with zero attached hydrogens (tertiary/aromatic N) is 1. The van der Waals surface area contributed by atoms with E-state index in [1.165, 1.54) is 0 Å². The minimum atomic E-state index is -0.0239. The number of ether oxygens (including phenoxy) is 1. The molecule has 0 atom stereocenters. The van der Waals surface area contributed by atoms with Crippen molar-refractivity contribution in [3.05, 3.63) is 71.3 Å².